The summed E-state index contributed by atoms with van der Waals surface area (Å²) in [5, 5.41) is 0. The third-order valence-corrected chi connectivity index (χ3v) is 2.71. The number of halogens is 2. The molecule has 0 saturated carbocycles. The van der Waals surface area contributed by atoms with Crippen LogP contribution in [0.1, 0.15) is 44.5 Å². The van der Waals surface area contributed by atoms with Gasteiger partial charge >= 0.3 is 0 Å². The van der Waals surface area contributed by atoms with Crippen molar-refractivity contribution in [2.75, 3.05) is 0 Å². The summed E-state index contributed by atoms with van der Waals surface area (Å²) >= 11 is 0. The van der Waals surface area contributed by atoms with Crippen LogP contribution in [0.4, 0.5) is 8.78 Å². The van der Waals surface area contributed by atoms with Gasteiger partial charge in [0.2, 0.25) is 0 Å². The Morgan fingerprint density at radius 2 is 1.56 bits per heavy atom. The van der Waals surface area contributed by atoms with E-state index in [1.54, 1.807) is 12.1 Å². The number of benzene rings is 1. The van der Waals surface area contributed by atoms with Gasteiger partial charge in [0.25, 0.3) is 0 Å². The Labute approximate surface area is 96.7 Å². The van der Waals surface area contributed by atoms with E-state index < -0.39 is 12.3 Å². The van der Waals surface area contributed by atoms with Crippen LogP contribution < -0.4 is 0 Å². The van der Waals surface area contributed by atoms with Crippen molar-refractivity contribution >= 4 is 0 Å². The number of alkyl halides is 2. The quantitative estimate of drug-likeness (QED) is 0.686. The highest BCUT2D eigenvalue weighted by atomic mass is 19.2. The maximum absolute atomic E-state index is 13.3. The standard InChI is InChI=1S/C14H20F2/c1-10(2)4-5-12-6-8-13(9-7-12)14(16)11(3)15/h6-11,14H,4-5H2,1-3H3. The largest absolute Gasteiger partial charge is 0.244 e. The van der Waals surface area contributed by atoms with Gasteiger partial charge in [-0.15, -0.1) is 0 Å². The van der Waals surface area contributed by atoms with E-state index >= 15 is 0 Å². The molecule has 90 valence electrons. The van der Waals surface area contributed by atoms with Crippen LogP contribution in [0, 0.1) is 5.92 Å². The number of aryl methyl sites for hydroxylation is 1. The van der Waals surface area contributed by atoms with E-state index in [2.05, 4.69) is 13.8 Å². The second kappa shape index (κ2) is 5.97. The molecular weight excluding hydrogens is 206 g/mol. The van der Waals surface area contributed by atoms with E-state index in [1.165, 1.54) is 12.5 Å². The van der Waals surface area contributed by atoms with Crippen LogP contribution in [-0.2, 0) is 6.42 Å². The molecule has 0 nitrogen and oxygen atoms in total. The van der Waals surface area contributed by atoms with Gasteiger partial charge in [-0.05, 0) is 36.8 Å². The van der Waals surface area contributed by atoms with Crippen LogP contribution in [0.2, 0.25) is 0 Å². The third-order valence-electron chi connectivity index (χ3n) is 2.71. The molecular formula is C14H20F2. The molecule has 16 heavy (non-hydrogen) atoms. The minimum Gasteiger partial charge on any atom is -0.244 e. The summed E-state index contributed by atoms with van der Waals surface area (Å²) in [5.74, 6) is 0.666. The number of hydrogen-bond acceptors (Lipinski definition) is 0. The molecule has 2 heteroatoms. The Balaban J connectivity index is 2.61. The summed E-state index contributed by atoms with van der Waals surface area (Å²) in [7, 11) is 0. The molecule has 0 amide bonds. The van der Waals surface area contributed by atoms with Crippen LogP contribution in [0.3, 0.4) is 0 Å². The SMILES string of the molecule is CC(C)CCc1ccc(C(F)C(C)F)cc1. The molecule has 0 radical (unpaired) electrons. The summed E-state index contributed by atoms with van der Waals surface area (Å²) in [6, 6.07) is 7.17. The minimum absolute atomic E-state index is 0.434. The lowest BCUT2D eigenvalue weighted by atomic mass is 10.00. The Hall–Kier alpha value is -0.920. The van der Waals surface area contributed by atoms with Gasteiger partial charge in [-0.3, -0.25) is 0 Å². The molecule has 1 rings (SSSR count). The Bertz CT molecular complexity index is 301. The number of hydrogen-bond donors (Lipinski definition) is 0. The lowest BCUT2D eigenvalue weighted by molar-refractivity contribution is 0.185. The van der Waals surface area contributed by atoms with Crippen molar-refractivity contribution in [1.29, 1.82) is 0 Å². The molecule has 0 spiro atoms. The summed E-state index contributed by atoms with van der Waals surface area (Å²) < 4.78 is 26.1. The zero-order valence-corrected chi connectivity index (χ0v) is 10.2. The van der Waals surface area contributed by atoms with E-state index in [4.69, 9.17) is 0 Å². The van der Waals surface area contributed by atoms with E-state index in [9.17, 15) is 8.78 Å². The zero-order chi connectivity index (χ0) is 12.1. The van der Waals surface area contributed by atoms with Gasteiger partial charge in [0.15, 0.2) is 6.17 Å². The summed E-state index contributed by atoms with van der Waals surface area (Å²) in [4.78, 5) is 0. The predicted molar refractivity (Wildman–Crippen MR) is 64.0 cm³/mol. The highest BCUT2D eigenvalue weighted by Crippen LogP contribution is 2.24. The van der Waals surface area contributed by atoms with Gasteiger partial charge in [-0.25, -0.2) is 8.78 Å². The molecule has 1 aromatic carbocycles. The second-order valence-electron chi connectivity index (χ2n) is 4.75. The van der Waals surface area contributed by atoms with Crippen LogP contribution in [0.15, 0.2) is 24.3 Å². The van der Waals surface area contributed by atoms with Gasteiger partial charge in [0.05, 0.1) is 0 Å². The zero-order valence-electron chi connectivity index (χ0n) is 10.2. The molecule has 0 aliphatic heterocycles. The van der Waals surface area contributed by atoms with Crippen molar-refractivity contribution in [3.63, 3.8) is 0 Å². The first kappa shape index (κ1) is 13.1. The molecule has 0 N–H and O–H groups in total. The van der Waals surface area contributed by atoms with E-state index in [-0.39, 0.29) is 0 Å². The maximum Gasteiger partial charge on any atom is 0.156 e. The van der Waals surface area contributed by atoms with E-state index in [0.717, 1.165) is 12.8 Å². The fraction of sp³-hybridized carbons (Fsp3) is 0.571. The normalized spacial score (nSPS) is 15.1. The third kappa shape index (κ3) is 3.92. The first-order valence-corrected chi connectivity index (χ1v) is 5.87. The van der Waals surface area contributed by atoms with Gasteiger partial charge in [0, 0.05) is 0 Å². The summed E-state index contributed by atoms with van der Waals surface area (Å²) in [6.07, 6.45) is -0.821. The topological polar surface area (TPSA) is 0 Å². The van der Waals surface area contributed by atoms with Gasteiger partial charge in [0.1, 0.15) is 6.17 Å². The smallest absolute Gasteiger partial charge is 0.156 e. The maximum atomic E-state index is 13.3. The predicted octanol–water partition coefficient (Wildman–Crippen LogP) is 4.64. The van der Waals surface area contributed by atoms with Crippen LogP contribution >= 0.6 is 0 Å². The highest BCUT2D eigenvalue weighted by molar-refractivity contribution is 5.24. The van der Waals surface area contributed by atoms with Crippen LogP contribution in [-0.4, -0.2) is 6.17 Å². The molecule has 0 aliphatic carbocycles. The molecule has 0 bridgehead atoms. The molecule has 2 atom stereocenters. The Morgan fingerprint density at radius 3 is 2.00 bits per heavy atom. The van der Waals surface area contributed by atoms with Crippen molar-refractivity contribution in [3.05, 3.63) is 35.4 Å². The molecule has 2 unspecified atom stereocenters. The molecule has 0 saturated heterocycles. The molecule has 0 fully saturated rings. The lowest BCUT2D eigenvalue weighted by Gasteiger charge is -2.10. The van der Waals surface area contributed by atoms with Gasteiger partial charge in [-0.2, -0.15) is 0 Å². The molecule has 0 aromatic heterocycles. The van der Waals surface area contributed by atoms with Crippen LogP contribution in [0.25, 0.3) is 0 Å². The van der Waals surface area contributed by atoms with Crippen molar-refractivity contribution in [2.45, 2.75) is 46.0 Å². The number of rotatable bonds is 5. The fourth-order valence-electron chi connectivity index (χ4n) is 1.59. The first-order chi connectivity index (χ1) is 7.50. The Morgan fingerprint density at radius 1 is 1.00 bits per heavy atom. The van der Waals surface area contributed by atoms with Crippen molar-refractivity contribution in [1.82, 2.24) is 0 Å². The second-order valence-corrected chi connectivity index (χ2v) is 4.75. The highest BCUT2D eigenvalue weighted by Gasteiger charge is 2.16. The molecule has 0 heterocycles. The average Bonchev–Trinajstić information content (AvgIpc) is 2.26. The molecule has 1 aromatic rings. The summed E-state index contributed by atoms with van der Waals surface area (Å²) in [5.41, 5.74) is 1.62. The van der Waals surface area contributed by atoms with Crippen molar-refractivity contribution in [2.24, 2.45) is 5.92 Å². The molecule has 0 aliphatic rings. The van der Waals surface area contributed by atoms with Crippen LogP contribution in [0.5, 0.6) is 0 Å². The first-order valence-electron chi connectivity index (χ1n) is 5.87. The van der Waals surface area contributed by atoms with Gasteiger partial charge < -0.3 is 0 Å². The minimum atomic E-state index is -1.50. The van der Waals surface area contributed by atoms with Gasteiger partial charge in [-0.1, -0.05) is 38.1 Å². The van der Waals surface area contributed by atoms with Crippen molar-refractivity contribution < 1.29 is 8.78 Å². The monoisotopic (exact) mass is 226 g/mol. The van der Waals surface area contributed by atoms with E-state index in [0.29, 0.717) is 11.5 Å². The van der Waals surface area contributed by atoms with Crippen molar-refractivity contribution in [3.8, 4) is 0 Å². The summed E-state index contributed by atoms with van der Waals surface area (Å²) in [6.45, 7) is 5.60. The Kier molecular flexibility index (Phi) is 4.91. The average molecular weight is 226 g/mol. The fourth-order valence-corrected chi connectivity index (χ4v) is 1.59. The van der Waals surface area contributed by atoms with E-state index in [1.807, 2.05) is 12.1 Å². The lowest BCUT2D eigenvalue weighted by Crippen LogP contribution is -2.04.